The Morgan fingerprint density at radius 1 is 1.04 bits per heavy atom. The third-order valence-electron chi connectivity index (χ3n) is 4.15. The lowest BCUT2D eigenvalue weighted by molar-refractivity contribution is -0.137. The van der Waals surface area contributed by atoms with Crippen LogP contribution < -0.4 is 0 Å². The molecule has 0 atom stereocenters. The molecule has 0 unspecified atom stereocenters. The number of alkyl halides is 3. The third-order valence-corrected chi connectivity index (χ3v) is 5.95. The molecule has 148 valence electrons. The molecule has 0 aliphatic heterocycles. The van der Waals surface area contributed by atoms with Gasteiger partial charge in [-0.05, 0) is 23.8 Å². The Balaban J connectivity index is 1.75. The zero-order valence-corrected chi connectivity index (χ0v) is 15.8. The number of benzene rings is 2. The molecule has 0 spiro atoms. The third kappa shape index (κ3) is 4.60. The molecule has 0 radical (unpaired) electrons. The molecule has 0 saturated carbocycles. The maximum atomic E-state index is 12.9. The number of rotatable bonds is 6. The van der Waals surface area contributed by atoms with Crippen molar-refractivity contribution in [2.75, 3.05) is 7.05 Å². The number of hydrogen-bond acceptors (Lipinski definition) is 3. The van der Waals surface area contributed by atoms with E-state index in [0.717, 1.165) is 28.1 Å². The molecule has 28 heavy (non-hydrogen) atoms. The van der Waals surface area contributed by atoms with Crippen LogP contribution in [0, 0.1) is 0 Å². The minimum Gasteiger partial charge on any atom is -0.268 e. The molecule has 5 nitrogen and oxygen atoms in total. The topological polar surface area (TPSA) is 55.2 Å². The van der Waals surface area contributed by atoms with Crippen molar-refractivity contribution in [2.45, 2.75) is 24.2 Å². The fourth-order valence-electron chi connectivity index (χ4n) is 2.70. The van der Waals surface area contributed by atoms with E-state index >= 15 is 0 Å². The van der Waals surface area contributed by atoms with E-state index in [1.165, 1.54) is 7.05 Å². The van der Waals surface area contributed by atoms with Crippen LogP contribution in [0.5, 0.6) is 0 Å². The van der Waals surface area contributed by atoms with Crippen molar-refractivity contribution < 1.29 is 21.6 Å². The largest absolute Gasteiger partial charge is 0.416 e. The van der Waals surface area contributed by atoms with Gasteiger partial charge in [-0.1, -0.05) is 36.4 Å². The first-order valence-corrected chi connectivity index (χ1v) is 9.79. The van der Waals surface area contributed by atoms with E-state index in [1.807, 2.05) is 30.3 Å². The van der Waals surface area contributed by atoms with E-state index in [2.05, 4.69) is 5.10 Å². The van der Waals surface area contributed by atoms with Gasteiger partial charge < -0.3 is 0 Å². The van der Waals surface area contributed by atoms with Gasteiger partial charge in [-0.3, -0.25) is 4.68 Å². The van der Waals surface area contributed by atoms with Crippen LogP contribution in [0.2, 0.25) is 0 Å². The monoisotopic (exact) mass is 409 g/mol. The summed E-state index contributed by atoms with van der Waals surface area (Å²) < 4.78 is 66.6. The Morgan fingerprint density at radius 2 is 1.75 bits per heavy atom. The Bertz CT molecular complexity index is 1050. The van der Waals surface area contributed by atoms with Crippen molar-refractivity contribution in [2.24, 2.45) is 0 Å². The highest BCUT2D eigenvalue weighted by atomic mass is 32.2. The molecule has 1 aromatic heterocycles. The molecule has 1 heterocycles. The molecule has 0 amide bonds. The summed E-state index contributed by atoms with van der Waals surface area (Å²) in [6.07, 6.45) is -1.35. The highest BCUT2D eigenvalue weighted by Crippen LogP contribution is 2.31. The minimum atomic E-state index is -4.61. The molecule has 0 aliphatic rings. The highest BCUT2D eigenvalue weighted by molar-refractivity contribution is 7.89. The van der Waals surface area contributed by atoms with Crippen LogP contribution in [0.1, 0.15) is 16.7 Å². The van der Waals surface area contributed by atoms with Crippen LogP contribution in [-0.2, 0) is 29.3 Å². The van der Waals surface area contributed by atoms with Gasteiger partial charge in [0.25, 0.3) is 0 Å². The summed E-state index contributed by atoms with van der Waals surface area (Å²) in [4.78, 5) is -0.401. The molecule has 0 N–H and O–H groups in total. The van der Waals surface area contributed by atoms with Crippen molar-refractivity contribution in [1.82, 2.24) is 14.1 Å². The minimum absolute atomic E-state index is 0.00658. The number of nitrogens with zero attached hydrogens (tertiary/aromatic N) is 3. The van der Waals surface area contributed by atoms with Crippen LogP contribution in [-0.4, -0.2) is 29.6 Å². The zero-order chi connectivity index (χ0) is 20.4. The Morgan fingerprint density at radius 3 is 2.43 bits per heavy atom. The van der Waals surface area contributed by atoms with Crippen LogP contribution in [0.25, 0.3) is 0 Å². The first-order chi connectivity index (χ1) is 13.2. The lowest BCUT2D eigenvalue weighted by Crippen LogP contribution is -2.26. The molecule has 3 rings (SSSR count). The fourth-order valence-corrected chi connectivity index (χ4v) is 3.91. The second-order valence-electron chi connectivity index (χ2n) is 6.32. The van der Waals surface area contributed by atoms with Crippen LogP contribution in [0.3, 0.4) is 0 Å². The SMILES string of the molecule is CN(Cc1cnn(Cc2ccccc2)c1)S(=O)(=O)c1cccc(C(F)(F)F)c1. The van der Waals surface area contributed by atoms with Crippen LogP contribution >= 0.6 is 0 Å². The Labute approximate surface area is 161 Å². The van der Waals surface area contributed by atoms with E-state index in [1.54, 1.807) is 17.1 Å². The van der Waals surface area contributed by atoms with Crippen molar-refractivity contribution >= 4 is 10.0 Å². The second kappa shape index (κ2) is 7.76. The second-order valence-corrected chi connectivity index (χ2v) is 8.36. The van der Waals surface area contributed by atoms with Gasteiger partial charge in [-0.25, -0.2) is 8.42 Å². The predicted molar refractivity (Wildman–Crippen MR) is 97.9 cm³/mol. The van der Waals surface area contributed by atoms with Gasteiger partial charge in [0, 0.05) is 25.4 Å². The summed E-state index contributed by atoms with van der Waals surface area (Å²) in [6, 6.07) is 13.4. The van der Waals surface area contributed by atoms with Crippen LogP contribution in [0.15, 0.2) is 71.9 Å². The van der Waals surface area contributed by atoms with Gasteiger partial charge in [0.2, 0.25) is 10.0 Å². The molecule has 0 saturated heterocycles. The summed E-state index contributed by atoms with van der Waals surface area (Å²) in [5.74, 6) is 0. The number of halogens is 3. The Kier molecular flexibility index (Phi) is 5.57. The highest BCUT2D eigenvalue weighted by Gasteiger charge is 2.32. The summed E-state index contributed by atoms with van der Waals surface area (Å²) in [6.45, 7) is 0.526. The summed E-state index contributed by atoms with van der Waals surface area (Å²) in [5, 5.41) is 4.21. The fraction of sp³-hybridized carbons (Fsp3) is 0.211. The number of hydrogen-bond donors (Lipinski definition) is 0. The lowest BCUT2D eigenvalue weighted by Gasteiger charge is -2.17. The molecule has 3 aromatic rings. The van der Waals surface area contributed by atoms with E-state index < -0.39 is 26.7 Å². The zero-order valence-electron chi connectivity index (χ0n) is 15.0. The maximum absolute atomic E-state index is 12.9. The maximum Gasteiger partial charge on any atom is 0.416 e. The first kappa shape index (κ1) is 20.1. The van der Waals surface area contributed by atoms with Gasteiger partial charge >= 0.3 is 6.18 Å². The molecule has 9 heteroatoms. The number of aromatic nitrogens is 2. The van der Waals surface area contributed by atoms with E-state index in [4.69, 9.17) is 0 Å². The van der Waals surface area contributed by atoms with Crippen molar-refractivity contribution in [3.8, 4) is 0 Å². The van der Waals surface area contributed by atoms with E-state index in [-0.39, 0.29) is 6.54 Å². The predicted octanol–water partition coefficient (Wildman–Crippen LogP) is 3.77. The van der Waals surface area contributed by atoms with Gasteiger partial charge in [-0.15, -0.1) is 0 Å². The van der Waals surface area contributed by atoms with Gasteiger partial charge in [0.05, 0.1) is 23.2 Å². The van der Waals surface area contributed by atoms with Gasteiger partial charge in [0.15, 0.2) is 0 Å². The molecule has 0 fully saturated rings. The van der Waals surface area contributed by atoms with Crippen molar-refractivity contribution in [1.29, 1.82) is 0 Å². The molecular formula is C19H18F3N3O2S. The average Bonchev–Trinajstić information content (AvgIpc) is 3.08. The smallest absolute Gasteiger partial charge is 0.268 e. The quantitative estimate of drug-likeness (QED) is 0.623. The van der Waals surface area contributed by atoms with E-state index in [0.29, 0.717) is 18.2 Å². The molecular weight excluding hydrogens is 391 g/mol. The van der Waals surface area contributed by atoms with Crippen LogP contribution in [0.4, 0.5) is 13.2 Å². The Hall–Kier alpha value is -2.65. The summed E-state index contributed by atoms with van der Waals surface area (Å²) in [7, 11) is -2.75. The van der Waals surface area contributed by atoms with Gasteiger partial charge in [0.1, 0.15) is 0 Å². The summed E-state index contributed by atoms with van der Waals surface area (Å²) in [5.41, 5.74) is 0.675. The molecule has 0 aliphatic carbocycles. The van der Waals surface area contributed by atoms with Crippen molar-refractivity contribution in [3.63, 3.8) is 0 Å². The first-order valence-electron chi connectivity index (χ1n) is 8.35. The van der Waals surface area contributed by atoms with Crippen molar-refractivity contribution in [3.05, 3.63) is 83.7 Å². The molecule has 2 aromatic carbocycles. The normalized spacial score (nSPS) is 12.5. The standard InChI is InChI=1S/C19H18F3N3O2S/c1-24(28(26,27)18-9-5-8-17(10-18)19(20,21)22)12-16-11-23-25(14-16)13-15-6-3-2-4-7-15/h2-11,14H,12-13H2,1H3. The summed E-state index contributed by atoms with van der Waals surface area (Å²) >= 11 is 0. The average molecular weight is 409 g/mol. The lowest BCUT2D eigenvalue weighted by atomic mass is 10.2. The number of sulfonamides is 1. The molecule has 0 bridgehead atoms. The van der Waals surface area contributed by atoms with Gasteiger partial charge in [-0.2, -0.15) is 22.6 Å². The van der Waals surface area contributed by atoms with E-state index in [9.17, 15) is 21.6 Å².